The van der Waals surface area contributed by atoms with Crippen LogP contribution in [0.4, 0.5) is 0 Å². The highest BCUT2D eigenvalue weighted by Crippen LogP contribution is 2.24. The van der Waals surface area contributed by atoms with Crippen LogP contribution >= 0.6 is 0 Å². The van der Waals surface area contributed by atoms with E-state index in [0.717, 1.165) is 24.2 Å². The zero-order valence-corrected chi connectivity index (χ0v) is 14.4. The van der Waals surface area contributed by atoms with E-state index in [1.54, 1.807) is 0 Å². The van der Waals surface area contributed by atoms with Crippen molar-refractivity contribution in [3.05, 3.63) is 35.5 Å². The molecule has 1 heterocycles. The van der Waals surface area contributed by atoms with Gasteiger partial charge in [-0.15, -0.1) is 6.58 Å². The monoisotopic (exact) mass is 290 g/mol. The minimum atomic E-state index is 0.0142. The van der Waals surface area contributed by atoms with Crippen molar-refractivity contribution in [1.82, 2.24) is 10.3 Å². The van der Waals surface area contributed by atoms with E-state index in [1.807, 2.05) is 13.0 Å². The number of ether oxygens (including phenoxy) is 1. The van der Waals surface area contributed by atoms with Crippen LogP contribution in [0.5, 0.6) is 5.88 Å². The first-order valence-electron chi connectivity index (χ1n) is 7.70. The number of hydrogen-bond acceptors (Lipinski definition) is 3. The lowest BCUT2D eigenvalue weighted by Crippen LogP contribution is -2.23. The van der Waals surface area contributed by atoms with Crippen molar-refractivity contribution in [3.63, 3.8) is 0 Å². The SMILES string of the molecule is C=C(C)CCOc1cc(CNC(C)C)cc(C(C)(C)C)n1. The highest BCUT2D eigenvalue weighted by Gasteiger charge is 2.17. The Hall–Kier alpha value is -1.35. The van der Waals surface area contributed by atoms with Crippen LogP contribution in [-0.4, -0.2) is 17.6 Å². The second-order valence-electron chi connectivity index (χ2n) is 7.04. The molecular formula is C18H30N2O. The molecule has 0 unspecified atom stereocenters. The van der Waals surface area contributed by atoms with Gasteiger partial charge in [0.2, 0.25) is 5.88 Å². The lowest BCUT2D eigenvalue weighted by molar-refractivity contribution is 0.306. The average Bonchev–Trinajstić information content (AvgIpc) is 2.34. The predicted molar refractivity (Wildman–Crippen MR) is 89.8 cm³/mol. The smallest absolute Gasteiger partial charge is 0.213 e. The fourth-order valence-corrected chi connectivity index (χ4v) is 1.77. The van der Waals surface area contributed by atoms with Gasteiger partial charge in [-0.05, 0) is 18.6 Å². The van der Waals surface area contributed by atoms with E-state index >= 15 is 0 Å². The third-order valence-corrected chi connectivity index (χ3v) is 3.12. The number of nitrogens with one attached hydrogen (secondary N) is 1. The molecule has 0 radical (unpaired) electrons. The molecule has 1 rings (SSSR count). The second-order valence-corrected chi connectivity index (χ2v) is 7.04. The van der Waals surface area contributed by atoms with Gasteiger partial charge in [-0.2, -0.15) is 0 Å². The summed E-state index contributed by atoms with van der Waals surface area (Å²) in [5.41, 5.74) is 3.42. The molecule has 0 saturated carbocycles. The molecule has 0 amide bonds. The molecule has 1 aromatic rings. The third kappa shape index (κ3) is 6.76. The van der Waals surface area contributed by atoms with Crippen molar-refractivity contribution in [2.24, 2.45) is 0 Å². The Labute approximate surface area is 129 Å². The Morgan fingerprint density at radius 3 is 2.52 bits per heavy atom. The number of aromatic nitrogens is 1. The van der Waals surface area contributed by atoms with Gasteiger partial charge in [0, 0.05) is 30.5 Å². The molecule has 1 aromatic heterocycles. The minimum Gasteiger partial charge on any atom is -0.477 e. The Balaban J connectivity index is 2.89. The summed E-state index contributed by atoms with van der Waals surface area (Å²) in [4.78, 5) is 4.65. The van der Waals surface area contributed by atoms with E-state index in [9.17, 15) is 0 Å². The van der Waals surface area contributed by atoms with Crippen LogP contribution in [0.25, 0.3) is 0 Å². The van der Waals surface area contributed by atoms with Crippen molar-refractivity contribution >= 4 is 0 Å². The Morgan fingerprint density at radius 1 is 1.33 bits per heavy atom. The number of nitrogens with zero attached hydrogens (tertiary/aromatic N) is 1. The Bertz CT molecular complexity index is 473. The second kappa shape index (κ2) is 7.60. The van der Waals surface area contributed by atoms with Gasteiger partial charge in [0.1, 0.15) is 0 Å². The largest absolute Gasteiger partial charge is 0.477 e. The molecule has 1 N–H and O–H groups in total. The van der Waals surface area contributed by atoms with E-state index in [1.165, 1.54) is 5.56 Å². The molecule has 0 aromatic carbocycles. The van der Waals surface area contributed by atoms with Crippen LogP contribution in [0.1, 0.15) is 59.2 Å². The highest BCUT2D eigenvalue weighted by atomic mass is 16.5. The molecule has 3 heteroatoms. The van der Waals surface area contributed by atoms with Gasteiger partial charge in [0.25, 0.3) is 0 Å². The summed E-state index contributed by atoms with van der Waals surface area (Å²) in [7, 11) is 0. The van der Waals surface area contributed by atoms with Crippen molar-refractivity contribution < 1.29 is 4.74 Å². The van der Waals surface area contributed by atoms with Gasteiger partial charge in [-0.1, -0.05) is 40.2 Å². The summed E-state index contributed by atoms with van der Waals surface area (Å²) in [5.74, 6) is 0.712. The lowest BCUT2D eigenvalue weighted by atomic mass is 9.91. The predicted octanol–water partition coefficient (Wildman–Crippen LogP) is 4.22. The van der Waals surface area contributed by atoms with E-state index < -0.39 is 0 Å². The van der Waals surface area contributed by atoms with Gasteiger partial charge in [-0.25, -0.2) is 4.98 Å². The van der Waals surface area contributed by atoms with E-state index in [0.29, 0.717) is 18.5 Å². The van der Waals surface area contributed by atoms with Crippen LogP contribution in [0.2, 0.25) is 0 Å². The summed E-state index contributed by atoms with van der Waals surface area (Å²) in [5, 5.41) is 3.44. The Kier molecular flexibility index (Phi) is 6.41. The van der Waals surface area contributed by atoms with E-state index in [4.69, 9.17) is 4.74 Å². The topological polar surface area (TPSA) is 34.1 Å². The van der Waals surface area contributed by atoms with Gasteiger partial charge in [0.05, 0.1) is 12.3 Å². The maximum absolute atomic E-state index is 5.80. The van der Waals surface area contributed by atoms with Crippen molar-refractivity contribution in [3.8, 4) is 5.88 Å². The standard InChI is InChI=1S/C18H30N2O/c1-13(2)8-9-21-17-11-15(12-19-14(3)4)10-16(20-17)18(5,6)7/h10-11,14,19H,1,8-9,12H2,2-7H3. The Morgan fingerprint density at radius 2 is 2.00 bits per heavy atom. The van der Waals surface area contributed by atoms with Gasteiger partial charge in [-0.3, -0.25) is 0 Å². The highest BCUT2D eigenvalue weighted by molar-refractivity contribution is 5.28. The molecule has 118 valence electrons. The molecule has 0 aliphatic carbocycles. The molecule has 0 saturated heterocycles. The molecule has 0 bridgehead atoms. The summed E-state index contributed by atoms with van der Waals surface area (Å²) in [6, 6.07) is 4.66. The van der Waals surface area contributed by atoms with Crippen molar-refractivity contribution in [2.75, 3.05) is 6.61 Å². The van der Waals surface area contributed by atoms with Gasteiger partial charge < -0.3 is 10.1 Å². The van der Waals surface area contributed by atoms with Crippen LogP contribution < -0.4 is 10.1 Å². The zero-order chi connectivity index (χ0) is 16.0. The third-order valence-electron chi connectivity index (χ3n) is 3.12. The quantitative estimate of drug-likeness (QED) is 0.763. The molecule has 0 atom stereocenters. The first-order valence-corrected chi connectivity index (χ1v) is 7.70. The molecule has 0 spiro atoms. The molecule has 0 fully saturated rings. The molecule has 0 aliphatic rings. The molecule has 21 heavy (non-hydrogen) atoms. The summed E-state index contributed by atoms with van der Waals surface area (Å²) < 4.78 is 5.80. The fraction of sp³-hybridized carbons (Fsp3) is 0.611. The number of rotatable bonds is 7. The van der Waals surface area contributed by atoms with Crippen molar-refractivity contribution in [1.29, 1.82) is 0 Å². The maximum Gasteiger partial charge on any atom is 0.213 e. The summed E-state index contributed by atoms with van der Waals surface area (Å²) in [6.45, 7) is 18.2. The van der Waals surface area contributed by atoms with E-state index in [-0.39, 0.29) is 5.41 Å². The summed E-state index contributed by atoms with van der Waals surface area (Å²) >= 11 is 0. The first kappa shape index (κ1) is 17.7. The minimum absolute atomic E-state index is 0.0142. The molecular weight excluding hydrogens is 260 g/mol. The van der Waals surface area contributed by atoms with E-state index in [2.05, 4.69) is 57.6 Å². The summed E-state index contributed by atoms with van der Waals surface area (Å²) in [6.07, 6.45) is 0.862. The van der Waals surface area contributed by atoms with Crippen LogP contribution in [0.3, 0.4) is 0 Å². The number of pyridine rings is 1. The average molecular weight is 290 g/mol. The van der Waals surface area contributed by atoms with Crippen molar-refractivity contribution in [2.45, 2.75) is 66.0 Å². The molecule has 3 nitrogen and oxygen atoms in total. The van der Waals surface area contributed by atoms with Gasteiger partial charge in [0.15, 0.2) is 0 Å². The lowest BCUT2D eigenvalue weighted by Gasteiger charge is -2.20. The normalized spacial score (nSPS) is 11.8. The fourth-order valence-electron chi connectivity index (χ4n) is 1.77. The van der Waals surface area contributed by atoms with Gasteiger partial charge >= 0.3 is 0 Å². The van der Waals surface area contributed by atoms with Crippen LogP contribution in [0.15, 0.2) is 24.3 Å². The maximum atomic E-state index is 5.80. The number of hydrogen-bond donors (Lipinski definition) is 1. The zero-order valence-electron chi connectivity index (χ0n) is 14.4. The molecule has 0 aliphatic heterocycles. The van der Waals surface area contributed by atoms with Crippen LogP contribution in [0, 0.1) is 0 Å². The first-order chi connectivity index (χ1) is 9.68. The van der Waals surface area contributed by atoms with Crippen LogP contribution in [-0.2, 0) is 12.0 Å².